The predicted molar refractivity (Wildman–Crippen MR) is 67.5 cm³/mol. The first-order valence-corrected chi connectivity index (χ1v) is 5.39. The largest absolute Gasteiger partial charge is 0.508 e. The van der Waals surface area contributed by atoms with Gasteiger partial charge in [-0.15, -0.1) is 0 Å². The Hall–Kier alpha value is -2.82. The van der Waals surface area contributed by atoms with Crippen LogP contribution in [0, 0.1) is 0 Å². The van der Waals surface area contributed by atoms with E-state index in [-0.39, 0.29) is 28.0 Å². The van der Waals surface area contributed by atoms with Crippen LogP contribution in [0.5, 0.6) is 5.75 Å². The van der Waals surface area contributed by atoms with Crippen molar-refractivity contribution in [2.75, 3.05) is 0 Å². The second kappa shape index (κ2) is 4.81. The van der Waals surface area contributed by atoms with Gasteiger partial charge in [0.15, 0.2) is 0 Å². The van der Waals surface area contributed by atoms with E-state index >= 15 is 0 Å². The number of aromatic hydroxyl groups is 1. The van der Waals surface area contributed by atoms with E-state index in [9.17, 15) is 14.7 Å². The first-order valence-electron chi connectivity index (χ1n) is 5.39. The highest BCUT2D eigenvalue weighted by Crippen LogP contribution is 2.30. The molecule has 0 bridgehead atoms. The molecule has 0 saturated carbocycles. The van der Waals surface area contributed by atoms with Crippen LogP contribution in [0.3, 0.4) is 0 Å². The Morgan fingerprint density at radius 3 is 2.00 bits per heavy atom. The number of carboxylic acids is 2. The second-order valence-corrected chi connectivity index (χ2v) is 3.89. The second-order valence-electron chi connectivity index (χ2n) is 3.89. The van der Waals surface area contributed by atoms with Gasteiger partial charge in [-0.05, 0) is 29.8 Å². The zero-order valence-corrected chi connectivity index (χ0v) is 9.70. The fraction of sp³-hybridized carbons (Fsp3) is 0. The van der Waals surface area contributed by atoms with Crippen LogP contribution in [-0.4, -0.2) is 27.3 Å². The number of carbonyl (C=O) groups is 2. The molecule has 5 heteroatoms. The van der Waals surface area contributed by atoms with E-state index in [2.05, 4.69) is 0 Å². The first-order chi connectivity index (χ1) is 9.00. The Morgan fingerprint density at radius 1 is 0.789 bits per heavy atom. The third-order valence-electron chi connectivity index (χ3n) is 2.68. The van der Waals surface area contributed by atoms with Crippen molar-refractivity contribution in [2.45, 2.75) is 0 Å². The fourth-order valence-corrected chi connectivity index (χ4v) is 1.85. The van der Waals surface area contributed by atoms with E-state index in [1.54, 1.807) is 12.1 Å². The van der Waals surface area contributed by atoms with Crippen LogP contribution in [0.2, 0.25) is 0 Å². The Morgan fingerprint density at radius 2 is 1.37 bits per heavy atom. The molecule has 0 aliphatic heterocycles. The molecule has 0 saturated heterocycles. The molecule has 5 nitrogen and oxygen atoms in total. The molecule has 0 fully saturated rings. The van der Waals surface area contributed by atoms with Gasteiger partial charge in [0, 0.05) is 5.56 Å². The van der Waals surface area contributed by atoms with E-state index < -0.39 is 11.9 Å². The molecule has 2 aromatic carbocycles. The molecule has 19 heavy (non-hydrogen) atoms. The van der Waals surface area contributed by atoms with E-state index in [0.717, 1.165) is 0 Å². The third kappa shape index (κ3) is 2.40. The average molecular weight is 258 g/mol. The highest BCUT2D eigenvalue weighted by atomic mass is 16.4. The monoisotopic (exact) mass is 258 g/mol. The van der Waals surface area contributed by atoms with Crippen LogP contribution >= 0.6 is 0 Å². The lowest BCUT2D eigenvalue weighted by Gasteiger charge is -2.09. The first kappa shape index (κ1) is 12.6. The molecule has 0 aromatic heterocycles. The summed E-state index contributed by atoms with van der Waals surface area (Å²) in [6.45, 7) is 0. The fourth-order valence-electron chi connectivity index (χ4n) is 1.85. The molecule has 0 aliphatic carbocycles. The van der Waals surface area contributed by atoms with Crippen molar-refractivity contribution in [3.05, 3.63) is 53.6 Å². The van der Waals surface area contributed by atoms with Gasteiger partial charge in [-0.2, -0.15) is 0 Å². The number of hydrogen-bond donors (Lipinski definition) is 3. The van der Waals surface area contributed by atoms with Gasteiger partial charge in [-0.25, -0.2) is 9.59 Å². The van der Waals surface area contributed by atoms with E-state index in [0.29, 0.717) is 0 Å². The molecule has 0 amide bonds. The summed E-state index contributed by atoms with van der Waals surface area (Å²) in [5.74, 6) is -2.47. The summed E-state index contributed by atoms with van der Waals surface area (Å²) in [7, 11) is 0. The van der Waals surface area contributed by atoms with Gasteiger partial charge in [0.1, 0.15) is 5.75 Å². The highest BCUT2D eigenvalue weighted by molar-refractivity contribution is 6.02. The Bertz CT molecular complexity index is 661. The molecule has 0 spiro atoms. The minimum atomic E-state index is -1.19. The Labute approximate surface area is 108 Å². The van der Waals surface area contributed by atoms with E-state index in [4.69, 9.17) is 10.2 Å². The zero-order chi connectivity index (χ0) is 14.0. The van der Waals surface area contributed by atoms with E-state index in [1.807, 2.05) is 0 Å². The summed E-state index contributed by atoms with van der Waals surface area (Å²) in [6.07, 6.45) is 0. The number of aromatic carboxylic acids is 2. The number of hydrogen-bond acceptors (Lipinski definition) is 3. The molecule has 0 aliphatic rings. The smallest absolute Gasteiger partial charge is 0.336 e. The van der Waals surface area contributed by atoms with Crippen molar-refractivity contribution in [1.82, 2.24) is 0 Å². The summed E-state index contributed by atoms with van der Waals surface area (Å²) in [4.78, 5) is 22.3. The molecule has 2 aromatic rings. The average Bonchev–Trinajstić information content (AvgIpc) is 2.38. The SMILES string of the molecule is O=C(O)c1ccccc1-c1cc(O)ccc1C(=O)O. The minimum absolute atomic E-state index is 0.0180. The van der Waals surface area contributed by atoms with Gasteiger partial charge < -0.3 is 15.3 Å². The van der Waals surface area contributed by atoms with Crippen molar-refractivity contribution >= 4 is 11.9 Å². The van der Waals surface area contributed by atoms with Crippen molar-refractivity contribution < 1.29 is 24.9 Å². The number of rotatable bonds is 3. The zero-order valence-electron chi connectivity index (χ0n) is 9.70. The van der Waals surface area contributed by atoms with Gasteiger partial charge in [0.2, 0.25) is 0 Å². The normalized spacial score (nSPS) is 10.1. The van der Waals surface area contributed by atoms with Gasteiger partial charge in [0.25, 0.3) is 0 Å². The topological polar surface area (TPSA) is 94.8 Å². The van der Waals surface area contributed by atoms with Crippen LogP contribution in [0.4, 0.5) is 0 Å². The van der Waals surface area contributed by atoms with Crippen molar-refractivity contribution in [3.63, 3.8) is 0 Å². The number of carboxylic acid groups (broad SMARTS) is 2. The number of phenols is 1. The summed E-state index contributed by atoms with van der Waals surface area (Å²) in [5.41, 5.74) is 0.343. The summed E-state index contributed by atoms with van der Waals surface area (Å²) >= 11 is 0. The summed E-state index contributed by atoms with van der Waals surface area (Å²) in [6, 6.07) is 9.78. The Balaban J connectivity index is 2.75. The van der Waals surface area contributed by atoms with Gasteiger partial charge >= 0.3 is 11.9 Å². The van der Waals surface area contributed by atoms with Crippen molar-refractivity contribution in [3.8, 4) is 16.9 Å². The van der Waals surface area contributed by atoms with Gasteiger partial charge in [-0.1, -0.05) is 18.2 Å². The summed E-state index contributed by atoms with van der Waals surface area (Å²) in [5, 5.41) is 27.7. The molecule has 0 unspecified atom stereocenters. The highest BCUT2D eigenvalue weighted by Gasteiger charge is 2.17. The molecule has 0 heterocycles. The molecule has 2 rings (SSSR count). The third-order valence-corrected chi connectivity index (χ3v) is 2.68. The van der Waals surface area contributed by atoms with Crippen LogP contribution in [0.15, 0.2) is 42.5 Å². The van der Waals surface area contributed by atoms with Crippen molar-refractivity contribution in [2.24, 2.45) is 0 Å². The van der Waals surface area contributed by atoms with Crippen LogP contribution in [0.1, 0.15) is 20.7 Å². The number of phenolic OH excluding ortho intramolecular Hbond substituents is 1. The molecular formula is C14H10O5. The quantitative estimate of drug-likeness (QED) is 0.786. The van der Waals surface area contributed by atoms with Crippen LogP contribution in [0.25, 0.3) is 11.1 Å². The maximum Gasteiger partial charge on any atom is 0.336 e. The van der Waals surface area contributed by atoms with E-state index in [1.165, 1.54) is 30.3 Å². The maximum atomic E-state index is 11.2. The lowest BCUT2D eigenvalue weighted by Crippen LogP contribution is -2.04. The molecule has 0 radical (unpaired) electrons. The lowest BCUT2D eigenvalue weighted by atomic mass is 9.95. The standard InChI is InChI=1S/C14H10O5/c15-8-5-6-11(14(18)19)12(7-8)9-3-1-2-4-10(9)13(16)17/h1-7,15H,(H,16,17)(H,18,19). The summed E-state index contributed by atoms with van der Waals surface area (Å²) < 4.78 is 0. The van der Waals surface area contributed by atoms with Gasteiger partial charge in [-0.3, -0.25) is 0 Å². The van der Waals surface area contributed by atoms with Crippen molar-refractivity contribution in [1.29, 1.82) is 0 Å². The van der Waals surface area contributed by atoms with Crippen LogP contribution < -0.4 is 0 Å². The molecular weight excluding hydrogens is 248 g/mol. The van der Waals surface area contributed by atoms with Gasteiger partial charge in [0.05, 0.1) is 11.1 Å². The molecule has 96 valence electrons. The lowest BCUT2D eigenvalue weighted by molar-refractivity contribution is 0.0684. The van der Waals surface area contributed by atoms with Crippen LogP contribution in [-0.2, 0) is 0 Å². The molecule has 0 atom stereocenters. The number of benzene rings is 2. The minimum Gasteiger partial charge on any atom is -0.508 e. The Kier molecular flexibility index (Phi) is 3.20. The molecule has 3 N–H and O–H groups in total. The predicted octanol–water partition coefficient (Wildman–Crippen LogP) is 2.46. The maximum absolute atomic E-state index is 11.2.